The van der Waals surface area contributed by atoms with Crippen LogP contribution in [0.2, 0.25) is 0 Å². The van der Waals surface area contributed by atoms with E-state index in [4.69, 9.17) is 19.3 Å². The van der Waals surface area contributed by atoms with Crippen molar-refractivity contribution in [1.29, 1.82) is 0 Å². The molecule has 0 radical (unpaired) electrons. The lowest BCUT2D eigenvalue weighted by molar-refractivity contribution is -0.266. The molecule has 0 saturated carbocycles. The normalized spacial score (nSPS) is 26.7. The average molecular weight is 490 g/mol. The van der Waals surface area contributed by atoms with Gasteiger partial charge in [0.25, 0.3) is 0 Å². The third-order valence-corrected chi connectivity index (χ3v) is 5.12. The number of phenolic OH excluding ortho intramolecular Hbond substituents is 2. The summed E-state index contributed by atoms with van der Waals surface area (Å²) >= 11 is 0. The minimum Gasteiger partial charge on any atom is -0.504 e. The lowest BCUT2D eigenvalue weighted by atomic mass is 10.0. The van der Waals surface area contributed by atoms with Crippen LogP contribution < -0.4 is 0 Å². The number of phenols is 2. The molecular weight excluding hydrogens is 460 g/mol. The van der Waals surface area contributed by atoms with E-state index in [0.717, 1.165) is 6.08 Å². The number of rotatable bonds is 11. The van der Waals surface area contributed by atoms with E-state index in [1.54, 1.807) is 0 Å². The Labute approximate surface area is 194 Å². The van der Waals surface area contributed by atoms with Gasteiger partial charge in [-0.05, 0) is 23.8 Å². The van der Waals surface area contributed by atoms with Gasteiger partial charge in [-0.1, -0.05) is 6.07 Å². The molecule has 0 bridgehead atoms. The number of benzene rings is 1. The third kappa shape index (κ3) is 7.87. The smallest absolute Gasteiger partial charge is 0.330 e. The summed E-state index contributed by atoms with van der Waals surface area (Å²) < 4.78 is 15.7. The molecule has 1 fully saturated rings. The fourth-order valence-electron chi connectivity index (χ4n) is 3.05. The fourth-order valence-corrected chi connectivity index (χ4v) is 3.05. The second kappa shape index (κ2) is 12.9. The molecule has 2 rings (SSSR count). The van der Waals surface area contributed by atoms with Crippen molar-refractivity contribution in [1.82, 2.24) is 0 Å². The largest absolute Gasteiger partial charge is 0.504 e. The first-order chi connectivity index (χ1) is 16.0. The van der Waals surface area contributed by atoms with Crippen LogP contribution in [0.5, 0.6) is 11.5 Å². The monoisotopic (exact) mass is 490 g/mol. The highest BCUT2D eigenvalue weighted by atomic mass is 16.7. The van der Waals surface area contributed by atoms with Crippen LogP contribution in [-0.2, 0) is 19.0 Å². The molecule has 0 amide bonds. The molecule has 0 aromatic heterocycles. The maximum Gasteiger partial charge on any atom is 0.330 e. The zero-order chi connectivity index (χ0) is 25.4. The van der Waals surface area contributed by atoms with Gasteiger partial charge < -0.3 is 60.2 Å². The van der Waals surface area contributed by atoms with Crippen LogP contribution in [0, 0.1) is 0 Å². The number of aliphatic hydroxyl groups excluding tert-OH is 7. The summed E-state index contributed by atoms with van der Waals surface area (Å²) in [6.07, 6.45) is -9.98. The standard InChI is InChI=1S/C21H30O13/c22-7-14(26)20(30)21(31)15(27)8-33-18-6-13(25)19(29)16(34-18)9-32-17(28)4-2-10-1-3-11(23)12(24)5-10/h1-5,13-16,18-27,29-31H,6-9H2/b4-2+. The van der Waals surface area contributed by atoms with Gasteiger partial charge >= 0.3 is 5.97 Å². The van der Waals surface area contributed by atoms with E-state index in [-0.39, 0.29) is 17.9 Å². The van der Waals surface area contributed by atoms with Gasteiger partial charge in [-0.25, -0.2) is 4.79 Å². The zero-order valence-corrected chi connectivity index (χ0v) is 18.0. The van der Waals surface area contributed by atoms with E-state index in [2.05, 4.69) is 0 Å². The Kier molecular flexibility index (Phi) is 10.6. The Hall–Kier alpha value is -2.33. The van der Waals surface area contributed by atoms with Crippen LogP contribution in [0.4, 0.5) is 0 Å². The highest BCUT2D eigenvalue weighted by molar-refractivity contribution is 5.87. The number of hydrogen-bond donors (Lipinski definition) is 9. The Balaban J connectivity index is 1.85. The SMILES string of the molecule is O=C(/C=C/c1ccc(O)c(O)c1)OCC1OC(OCC(O)C(O)C(O)C(O)CO)CC(O)C1O. The van der Waals surface area contributed by atoms with E-state index in [9.17, 15) is 45.6 Å². The minimum absolute atomic E-state index is 0.208. The van der Waals surface area contributed by atoms with Crippen molar-refractivity contribution in [2.45, 2.75) is 55.4 Å². The average Bonchev–Trinajstić information content (AvgIpc) is 2.82. The van der Waals surface area contributed by atoms with Crippen LogP contribution in [-0.4, -0.2) is 121 Å². The number of carbonyl (C=O) groups is 1. The molecule has 1 saturated heterocycles. The summed E-state index contributed by atoms with van der Waals surface area (Å²) in [5.74, 6) is -1.51. The molecule has 1 aromatic carbocycles. The topological polar surface area (TPSA) is 227 Å². The predicted octanol–water partition coefficient (Wildman–Crippen LogP) is -3.06. The first-order valence-electron chi connectivity index (χ1n) is 10.4. The van der Waals surface area contributed by atoms with Crippen LogP contribution in [0.1, 0.15) is 12.0 Å². The summed E-state index contributed by atoms with van der Waals surface area (Å²) in [7, 11) is 0. The first kappa shape index (κ1) is 27.9. The predicted molar refractivity (Wildman–Crippen MR) is 112 cm³/mol. The van der Waals surface area contributed by atoms with Crippen LogP contribution in [0.15, 0.2) is 24.3 Å². The highest BCUT2D eigenvalue weighted by Crippen LogP contribution is 2.25. The van der Waals surface area contributed by atoms with E-state index in [1.807, 2.05) is 0 Å². The third-order valence-electron chi connectivity index (χ3n) is 5.12. The lowest BCUT2D eigenvalue weighted by Crippen LogP contribution is -2.52. The van der Waals surface area contributed by atoms with Crippen LogP contribution in [0.25, 0.3) is 6.08 Å². The van der Waals surface area contributed by atoms with E-state index >= 15 is 0 Å². The van der Waals surface area contributed by atoms with Crippen LogP contribution in [0.3, 0.4) is 0 Å². The van der Waals surface area contributed by atoms with Crippen molar-refractivity contribution in [2.24, 2.45) is 0 Å². The molecule has 34 heavy (non-hydrogen) atoms. The summed E-state index contributed by atoms with van der Waals surface area (Å²) in [6.45, 7) is -1.89. The number of esters is 1. The summed E-state index contributed by atoms with van der Waals surface area (Å²) in [5.41, 5.74) is 0.405. The van der Waals surface area contributed by atoms with Gasteiger partial charge in [-0.15, -0.1) is 0 Å². The molecule has 1 aliphatic rings. The minimum atomic E-state index is -1.85. The molecule has 8 unspecified atom stereocenters. The number of hydrogen-bond acceptors (Lipinski definition) is 13. The molecule has 1 aliphatic heterocycles. The Morgan fingerprint density at radius 3 is 2.41 bits per heavy atom. The molecule has 8 atom stereocenters. The lowest BCUT2D eigenvalue weighted by Gasteiger charge is -2.37. The molecule has 1 aromatic rings. The zero-order valence-electron chi connectivity index (χ0n) is 18.0. The molecule has 192 valence electrons. The second-order valence-corrected chi connectivity index (χ2v) is 7.74. The first-order valence-corrected chi connectivity index (χ1v) is 10.4. The molecule has 0 spiro atoms. The Morgan fingerprint density at radius 1 is 1.09 bits per heavy atom. The van der Waals surface area contributed by atoms with E-state index in [1.165, 1.54) is 24.3 Å². The Morgan fingerprint density at radius 2 is 1.76 bits per heavy atom. The van der Waals surface area contributed by atoms with Gasteiger partial charge in [0, 0.05) is 12.5 Å². The summed E-state index contributed by atoms with van der Waals surface area (Å²) in [6, 6.07) is 3.90. The van der Waals surface area contributed by atoms with Gasteiger partial charge in [0.1, 0.15) is 43.2 Å². The van der Waals surface area contributed by atoms with Crippen molar-refractivity contribution in [3.8, 4) is 11.5 Å². The molecule has 13 heteroatoms. The Bertz CT molecular complexity index is 816. The molecule has 9 N–H and O–H groups in total. The second-order valence-electron chi connectivity index (χ2n) is 7.74. The number of aromatic hydroxyl groups is 2. The number of ether oxygens (including phenoxy) is 3. The van der Waals surface area contributed by atoms with Crippen molar-refractivity contribution >= 4 is 12.0 Å². The van der Waals surface area contributed by atoms with Gasteiger partial charge in [0.2, 0.25) is 0 Å². The molecular formula is C21H30O13. The van der Waals surface area contributed by atoms with E-state index < -0.39 is 74.8 Å². The summed E-state index contributed by atoms with van der Waals surface area (Å²) in [4.78, 5) is 11.9. The van der Waals surface area contributed by atoms with Gasteiger partial charge in [-0.3, -0.25) is 0 Å². The van der Waals surface area contributed by atoms with Crippen molar-refractivity contribution in [2.75, 3.05) is 19.8 Å². The van der Waals surface area contributed by atoms with Gasteiger partial charge in [0.15, 0.2) is 17.8 Å². The van der Waals surface area contributed by atoms with Crippen molar-refractivity contribution in [3.63, 3.8) is 0 Å². The van der Waals surface area contributed by atoms with Crippen LogP contribution >= 0.6 is 0 Å². The van der Waals surface area contributed by atoms with Gasteiger partial charge in [0.05, 0.1) is 19.3 Å². The van der Waals surface area contributed by atoms with Crippen molar-refractivity contribution in [3.05, 3.63) is 29.8 Å². The summed E-state index contributed by atoms with van der Waals surface area (Å²) in [5, 5.41) is 86.3. The molecule has 1 heterocycles. The molecule has 13 nitrogen and oxygen atoms in total. The number of aliphatic hydroxyl groups is 7. The van der Waals surface area contributed by atoms with E-state index in [0.29, 0.717) is 5.56 Å². The fraction of sp³-hybridized carbons (Fsp3) is 0.571. The quantitative estimate of drug-likeness (QED) is 0.0854. The van der Waals surface area contributed by atoms with Gasteiger partial charge in [-0.2, -0.15) is 0 Å². The number of carbonyl (C=O) groups excluding carboxylic acids is 1. The highest BCUT2D eigenvalue weighted by Gasteiger charge is 2.39. The maximum absolute atomic E-state index is 11.9. The van der Waals surface area contributed by atoms with Crippen molar-refractivity contribution < 1.29 is 65.0 Å². The maximum atomic E-state index is 11.9. The molecule has 0 aliphatic carbocycles.